The summed E-state index contributed by atoms with van der Waals surface area (Å²) in [4.78, 5) is 11.1. The maximum absolute atomic E-state index is 11.1. The fourth-order valence-corrected chi connectivity index (χ4v) is 5.29. The summed E-state index contributed by atoms with van der Waals surface area (Å²) in [7, 11) is 0. The molecule has 2 rings (SSSR count). The lowest BCUT2D eigenvalue weighted by Gasteiger charge is -2.49. The number of hydrogen-bond acceptors (Lipinski definition) is 4. The molecule has 0 bridgehead atoms. The first-order valence-electron chi connectivity index (χ1n) is 12.6. The monoisotopic (exact) mass is 442 g/mol. The Morgan fingerprint density at radius 1 is 0.871 bits per heavy atom. The molecule has 0 spiro atoms. The second kappa shape index (κ2) is 14.3. The van der Waals surface area contributed by atoms with Crippen molar-refractivity contribution in [2.45, 2.75) is 122 Å². The lowest BCUT2D eigenvalue weighted by atomic mass is 9.63. The molecule has 0 aromatic rings. The van der Waals surface area contributed by atoms with Gasteiger partial charge in [-0.1, -0.05) is 46.5 Å². The number of aliphatic hydroxyl groups is 2. The number of unbranched alkanes of at least 4 members (excludes halogenated alkanes) is 2. The third-order valence-corrected chi connectivity index (χ3v) is 7.67. The summed E-state index contributed by atoms with van der Waals surface area (Å²) < 4.78 is 0. The molecule has 0 radical (unpaired) electrons. The lowest BCUT2D eigenvalue weighted by molar-refractivity contribution is 0.0652. The van der Waals surface area contributed by atoms with Crippen LogP contribution >= 0.6 is 0 Å². The minimum atomic E-state index is -0.909. The molecule has 6 nitrogen and oxygen atoms in total. The average Bonchev–Trinajstić information content (AvgIpc) is 2.70. The van der Waals surface area contributed by atoms with E-state index in [1.807, 2.05) is 0 Å². The number of hydrogen-bond donors (Lipinski definition) is 5. The molecule has 2 saturated carbocycles. The number of rotatable bonds is 9. The zero-order chi connectivity index (χ0) is 23.3. The van der Waals surface area contributed by atoms with Crippen molar-refractivity contribution < 1.29 is 20.1 Å². The highest BCUT2D eigenvalue weighted by molar-refractivity contribution is 5.65. The van der Waals surface area contributed by atoms with E-state index in [0.29, 0.717) is 18.6 Å². The normalized spacial score (nSPS) is 29.0. The van der Waals surface area contributed by atoms with Crippen LogP contribution in [0.5, 0.6) is 0 Å². The zero-order valence-electron chi connectivity index (χ0n) is 20.4. The summed E-state index contributed by atoms with van der Waals surface area (Å²) >= 11 is 0. The van der Waals surface area contributed by atoms with E-state index in [2.05, 4.69) is 26.1 Å². The van der Waals surface area contributed by atoms with Crippen molar-refractivity contribution in [3.63, 3.8) is 0 Å². The van der Waals surface area contributed by atoms with Gasteiger partial charge in [-0.25, -0.2) is 4.79 Å². The number of carbonyl (C=O) groups is 1. The summed E-state index contributed by atoms with van der Waals surface area (Å²) in [5.41, 5.74) is 5.47. The van der Waals surface area contributed by atoms with E-state index in [1.54, 1.807) is 0 Å². The van der Waals surface area contributed by atoms with Crippen molar-refractivity contribution >= 4 is 6.09 Å². The molecule has 0 aliphatic heterocycles. The van der Waals surface area contributed by atoms with Crippen molar-refractivity contribution in [3.8, 4) is 0 Å². The van der Waals surface area contributed by atoms with Crippen LogP contribution in [-0.2, 0) is 0 Å². The molecule has 0 saturated heterocycles. The Bertz CT molecular complexity index is 476. The minimum Gasteiger partial charge on any atom is -0.465 e. The second-order valence-corrected chi connectivity index (χ2v) is 10.9. The smallest absolute Gasteiger partial charge is 0.405 e. The van der Waals surface area contributed by atoms with Crippen molar-refractivity contribution in [3.05, 3.63) is 0 Å². The SMILES string of the molecule is CC(C)(C)C1(NC(=O)O)CCC(CCCCO)CC1.NC1CCC(CCCCO)CC1. The highest BCUT2D eigenvalue weighted by Gasteiger charge is 2.45. The van der Waals surface area contributed by atoms with E-state index in [0.717, 1.165) is 57.3 Å². The first-order chi connectivity index (χ1) is 14.6. The largest absolute Gasteiger partial charge is 0.465 e. The standard InChI is InChI=1S/C15H29NO3.C10H21NO/c1-14(2,3)15(16-13(18)19)9-7-12(8-10-15)6-4-5-11-17;11-10-6-4-9(5-7-10)3-1-2-8-12/h12,16-17H,4-11H2,1-3H3,(H,18,19);9-10,12H,1-8,11H2. The highest BCUT2D eigenvalue weighted by Crippen LogP contribution is 2.44. The first-order valence-corrected chi connectivity index (χ1v) is 12.6. The van der Waals surface area contributed by atoms with Crippen molar-refractivity contribution in [2.75, 3.05) is 13.2 Å². The van der Waals surface area contributed by atoms with Crippen molar-refractivity contribution in [2.24, 2.45) is 23.0 Å². The third-order valence-electron chi connectivity index (χ3n) is 7.67. The number of carboxylic acid groups (broad SMARTS) is 1. The van der Waals surface area contributed by atoms with Gasteiger partial charge < -0.3 is 26.4 Å². The van der Waals surface area contributed by atoms with E-state index in [1.165, 1.54) is 38.5 Å². The quantitative estimate of drug-likeness (QED) is 0.320. The Morgan fingerprint density at radius 2 is 1.32 bits per heavy atom. The molecule has 6 heteroatoms. The fraction of sp³-hybridized carbons (Fsp3) is 0.960. The maximum Gasteiger partial charge on any atom is 0.405 e. The molecule has 0 heterocycles. The number of nitrogens with two attached hydrogens (primary N) is 1. The lowest BCUT2D eigenvalue weighted by Crippen LogP contribution is -2.58. The third kappa shape index (κ3) is 10.5. The minimum absolute atomic E-state index is 0.0541. The van der Waals surface area contributed by atoms with Gasteiger partial charge in [0.05, 0.1) is 0 Å². The molecule has 1 amide bonds. The Labute approximate surface area is 190 Å². The van der Waals surface area contributed by atoms with Gasteiger partial charge in [-0.3, -0.25) is 0 Å². The predicted molar refractivity (Wildman–Crippen MR) is 127 cm³/mol. The topological polar surface area (TPSA) is 116 Å². The molecular formula is C25H50N2O4. The van der Waals surface area contributed by atoms with Gasteiger partial charge in [-0.05, 0) is 81.5 Å². The van der Waals surface area contributed by atoms with Gasteiger partial charge in [0.2, 0.25) is 0 Å². The van der Waals surface area contributed by atoms with Crippen LogP contribution in [-0.4, -0.2) is 46.2 Å². The molecule has 2 aliphatic carbocycles. The molecule has 0 unspecified atom stereocenters. The summed E-state index contributed by atoms with van der Waals surface area (Å²) in [6.07, 6.45) is 14.7. The second-order valence-electron chi connectivity index (χ2n) is 10.9. The summed E-state index contributed by atoms with van der Waals surface area (Å²) in [5.74, 6) is 1.59. The van der Waals surface area contributed by atoms with E-state index in [4.69, 9.17) is 21.1 Å². The van der Waals surface area contributed by atoms with Gasteiger partial charge in [0, 0.05) is 24.8 Å². The van der Waals surface area contributed by atoms with Crippen LogP contribution in [0.2, 0.25) is 0 Å². The van der Waals surface area contributed by atoms with Gasteiger partial charge in [0.1, 0.15) is 0 Å². The Morgan fingerprint density at radius 3 is 1.71 bits per heavy atom. The number of aliphatic hydroxyl groups excluding tert-OH is 2. The molecule has 2 aliphatic rings. The van der Waals surface area contributed by atoms with Gasteiger partial charge >= 0.3 is 6.09 Å². The summed E-state index contributed by atoms with van der Waals surface area (Å²) in [6.45, 7) is 6.99. The molecule has 0 aromatic heterocycles. The van der Waals surface area contributed by atoms with Crippen LogP contribution in [0.1, 0.15) is 111 Å². The van der Waals surface area contributed by atoms with Crippen LogP contribution in [0, 0.1) is 17.3 Å². The first kappa shape index (κ1) is 28.2. The van der Waals surface area contributed by atoms with E-state index < -0.39 is 6.09 Å². The van der Waals surface area contributed by atoms with Gasteiger partial charge in [0.15, 0.2) is 0 Å². The van der Waals surface area contributed by atoms with Crippen LogP contribution in [0.25, 0.3) is 0 Å². The number of nitrogens with one attached hydrogen (secondary N) is 1. The maximum atomic E-state index is 11.1. The van der Waals surface area contributed by atoms with Crippen LogP contribution in [0.15, 0.2) is 0 Å². The van der Waals surface area contributed by atoms with Gasteiger partial charge in [0.25, 0.3) is 0 Å². The zero-order valence-corrected chi connectivity index (χ0v) is 20.4. The number of amides is 1. The summed E-state index contributed by atoms with van der Waals surface area (Å²) in [6, 6.07) is 0.471. The van der Waals surface area contributed by atoms with Crippen LogP contribution in [0.4, 0.5) is 4.79 Å². The fourth-order valence-electron chi connectivity index (χ4n) is 5.29. The van der Waals surface area contributed by atoms with Gasteiger partial charge in [-0.15, -0.1) is 0 Å². The molecule has 0 atom stereocenters. The van der Waals surface area contributed by atoms with E-state index in [-0.39, 0.29) is 17.6 Å². The Balaban J connectivity index is 0.000000343. The molecular weight excluding hydrogens is 392 g/mol. The molecule has 6 N–H and O–H groups in total. The van der Waals surface area contributed by atoms with Crippen LogP contribution < -0.4 is 11.1 Å². The van der Waals surface area contributed by atoms with Crippen molar-refractivity contribution in [1.82, 2.24) is 5.32 Å². The van der Waals surface area contributed by atoms with Gasteiger partial charge in [-0.2, -0.15) is 0 Å². The van der Waals surface area contributed by atoms with Crippen molar-refractivity contribution in [1.29, 1.82) is 0 Å². The molecule has 0 aromatic carbocycles. The molecule has 184 valence electrons. The predicted octanol–water partition coefficient (Wildman–Crippen LogP) is 5.06. The highest BCUT2D eigenvalue weighted by atomic mass is 16.4. The van der Waals surface area contributed by atoms with E-state index in [9.17, 15) is 4.79 Å². The average molecular weight is 443 g/mol. The van der Waals surface area contributed by atoms with Crippen LogP contribution in [0.3, 0.4) is 0 Å². The molecule has 31 heavy (non-hydrogen) atoms. The summed E-state index contributed by atoms with van der Waals surface area (Å²) in [5, 5.41) is 29.3. The molecule has 2 fully saturated rings. The Kier molecular flexibility index (Phi) is 13.0. The Hall–Kier alpha value is -0.850. The van der Waals surface area contributed by atoms with E-state index >= 15 is 0 Å².